The van der Waals surface area contributed by atoms with Gasteiger partial charge in [-0.1, -0.05) is 32.0 Å². The predicted octanol–water partition coefficient (Wildman–Crippen LogP) is 1.89. The predicted molar refractivity (Wildman–Crippen MR) is 106 cm³/mol. The highest BCUT2D eigenvalue weighted by atomic mass is 32.2. The summed E-state index contributed by atoms with van der Waals surface area (Å²) in [6.45, 7) is 10.0. The summed E-state index contributed by atoms with van der Waals surface area (Å²) in [6.07, 6.45) is 1.17. The standard InChI is InChI=1S/C20H31N3O3S/c1-16-13-17(2)15-22(14-16)20(24)18(3)21-9-11-23(12-10-21)27(25,26)19-7-5-4-6-8-19/h4-8,16-18H,9-15H2,1-3H3/t16-,17-,18+/m0/s1. The molecule has 0 aromatic heterocycles. The number of amides is 1. The zero-order valence-corrected chi connectivity index (χ0v) is 17.4. The molecule has 0 N–H and O–H groups in total. The Bertz CT molecular complexity index is 735. The molecule has 1 aromatic carbocycles. The van der Waals surface area contributed by atoms with Gasteiger partial charge in [0.25, 0.3) is 0 Å². The molecule has 7 heteroatoms. The fraction of sp³-hybridized carbons (Fsp3) is 0.650. The van der Waals surface area contributed by atoms with Gasteiger partial charge in [-0.05, 0) is 37.3 Å². The molecule has 2 saturated heterocycles. The van der Waals surface area contributed by atoms with Gasteiger partial charge in [-0.15, -0.1) is 0 Å². The number of piperazine rings is 1. The lowest BCUT2D eigenvalue weighted by Gasteiger charge is -2.41. The minimum absolute atomic E-state index is 0.174. The van der Waals surface area contributed by atoms with E-state index in [0.717, 1.165) is 13.1 Å². The number of hydrogen-bond donors (Lipinski definition) is 0. The van der Waals surface area contributed by atoms with E-state index in [-0.39, 0.29) is 11.9 Å². The van der Waals surface area contributed by atoms with Crippen molar-refractivity contribution in [2.24, 2.45) is 11.8 Å². The number of piperidine rings is 1. The Balaban J connectivity index is 1.59. The number of nitrogens with zero attached hydrogens (tertiary/aromatic N) is 3. The van der Waals surface area contributed by atoms with Gasteiger partial charge >= 0.3 is 0 Å². The molecule has 0 unspecified atom stereocenters. The molecule has 2 heterocycles. The van der Waals surface area contributed by atoms with Gasteiger partial charge in [-0.3, -0.25) is 9.69 Å². The second kappa shape index (κ2) is 8.29. The molecule has 3 atom stereocenters. The topological polar surface area (TPSA) is 60.9 Å². The van der Waals surface area contributed by atoms with E-state index in [1.165, 1.54) is 10.7 Å². The highest BCUT2D eigenvalue weighted by Crippen LogP contribution is 2.23. The molecule has 1 aromatic rings. The maximum absolute atomic E-state index is 12.9. The van der Waals surface area contributed by atoms with Crippen LogP contribution in [0.2, 0.25) is 0 Å². The molecule has 0 saturated carbocycles. The molecule has 3 rings (SSSR count). The van der Waals surface area contributed by atoms with Crippen LogP contribution in [0.3, 0.4) is 0 Å². The number of carbonyl (C=O) groups excluding carboxylic acids is 1. The van der Waals surface area contributed by atoms with Crippen LogP contribution in [0.5, 0.6) is 0 Å². The Kier molecular flexibility index (Phi) is 6.23. The number of sulfonamides is 1. The molecule has 0 spiro atoms. The van der Waals surface area contributed by atoms with E-state index in [1.54, 1.807) is 24.3 Å². The zero-order chi connectivity index (χ0) is 19.6. The van der Waals surface area contributed by atoms with Crippen molar-refractivity contribution in [1.82, 2.24) is 14.1 Å². The van der Waals surface area contributed by atoms with E-state index < -0.39 is 10.0 Å². The molecule has 2 fully saturated rings. The lowest BCUT2D eigenvalue weighted by molar-refractivity contribution is -0.139. The average molecular weight is 394 g/mol. The summed E-state index contributed by atoms with van der Waals surface area (Å²) in [6, 6.07) is 8.35. The molecule has 2 aliphatic heterocycles. The molecular formula is C20H31N3O3S. The fourth-order valence-electron chi connectivity index (χ4n) is 4.34. The smallest absolute Gasteiger partial charge is 0.243 e. The number of benzene rings is 1. The van der Waals surface area contributed by atoms with Gasteiger partial charge in [0.2, 0.25) is 15.9 Å². The summed E-state index contributed by atoms with van der Waals surface area (Å²) >= 11 is 0. The van der Waals surface area contributed by atoms with Crippen LogP contribution < -0.4 is 0 Å². The van der Waals surface area contributed by atoms with Crippen molar-refractivity contribution in [2.45, 2.75) is 38.1 Å². The Hall–Kier alpha value is -1.44. The first-order valence-corrected chi connectivity index (χ1v) is 11.3. The van der Waals surface area contributed by atoms with Crippen LogP contribution in [0, 0.1) is 11.8 Å². The molecular weight excluding hydrogens is 362 g/mol. The number of likely N-dealkylation sites (tertiary alicyclic amines) is 1. The van der Waals surface area contributed by atoms with Crippen LogP contribution in [-0.4, -0.2) is 73.7 Å². The first kappa shape index (κ1) is 20.3. The monoisotopic (exact) mass is 393 g/mol. The van der Waals surface area contributed by atoms with Gasteiger partial charge in [0.15, 0.2) is 0 Å². The van der Waals surface area contributed by atoms with Gasteiger partial charge in [0, 0.05) is 39.3 Å². The van der Waals surface area contributed by atoms with Gasteiger partial charge in [0.1, 0.15) is 0 Å². The summed E-state index contributed by atoms with van der Waals surface area (Å²) in [5.74, 6) is 1.25. The van der Waals surface area contributed by atoms with Crippen LogP contribution in [0.1, 0.15) is 27.2 Å². The van der Waals surface area contributed by atoms with Crippen molar-refractivity contribution in [2.75, 3.05) is 39.3 Å². The van der Waals surface area contributed by atoms with Gasteiger partial charge in [-0.25, -0.2) is 8.42 Å². The second-order valence-electron chi connectivity index (χ2n) is 8.12. The summed E-state index contributed by atoms with van der Waals surface area (Å²) < 4.78 is 27.0. The number of carbonyl (C=O) groups is 1. The van der Waals surface area contributed by atoms with Crippen LogP contribution in [0.4, 0.5) is 0 Å². The van der Waals surface area contributed by atoms with E-state index in [2.05, 4.69) is 18.7 Å². The highest BCUT2D eigenvalue weighted by Gasteiger charge is 2.34. The molecule has 2 aliphatic rings. The Morgan fingerprint density at radius 1 is 1.00 bits per heavy atom. The van der Waals surface area contributed by atoms with Gasteiger partial charge in [0.05, 0.1) is 10.9 Å². The Morgan fingerprint density at radius 3 is 2.11 bits per heavy atom. The average Bonchev–Trinajstić information content (AvgIpc) is 2.67. The zero-order valence-electron chi connectivity index (χ0n) is 16.5. The van der Waals surface area contributed by atoms with Crippen LogP contribution >= 0.6 is 0 Å². The van der Waals surface area contributed by atoms with Crippen molar-refractivity contribution in [3.63, 3.8) is 0 Å². The van der Waals surface area contributed by atoms with E-state index in [9.17, 15) is 13.2 Å². The SMILES string of the molecule is C[C@H]1C[C@H](C)CN(C(=O)[C@@H](C)N2CCN(S(=O)(=O)c3ccccc3)CC2)C1. The van der Waals surface area contributed by atoms with Gasteiger partial charge < -0.3 is 4.90 Å². The van der Waals surface area contributed by atoms with E-state index in [4.69, 9.17) is 0 Å². The lowest BCUT2D eigenvalue weighted by Crippen LogP contribution is -2.56. The first-order valence-electron chi connectivity index (χ1n) is 9.87. The van der Waals surface area contributed by atoms with E-state index in [0.29, 0.717) is 42.9 Å². The quantitative estimate of drug-likeness (QED) is 0.784. The third-order valence-corrected chi connectivity index (χ3v) is 7.65. The highest BCUT2D eigenvalue weighted by molar-refractivity contribution is 7.89. The summed E-state index contributed by atoms with van der Waals surface area (Å²) in [4.78, 5) is 17.4. The molecule has 27 heavy (non-hydrogen) atoms. The van der Waals surface area contributed by atoms with Crippen molar-refractivity contribution in [3.8, 4) is 0 Å². The summed E-state index contributed by atoms with van der Waals surface area (Å²) in [5.41, 5.74) is 0. The van der Waals surface area contributed by atoms with Crippen molar-refractivity contribution >= 4 is 15.9 Å². The summed E-state index contributed by atoms with van der Waals surface area (Å²) in [7, 11) is -3.46. The van der Waals surface area contributed by atoms with Crippen LogP contribution in [-0.2, 0) is 14.8 Å². The Morgan fingerprint density at radius 2 is 1.56 bits per heavy atom. The molecule has 0 aliphatic carbocycles. The first-order chi connectivity index (χ1) is 12.8. The van der Waals surface area contributed by atoms with Crippen molar-refractivity contribution in [1.29, 1.82) is 0 Å². The van der Waals surface area contributed by atoms with Gasteiger partial charge in [-0.2, -0.15) is 4.31 Å². The Labute approximate surface area is 163 Å². The molecule has 0 radical (unpaired) electrons. The number of hydrogen-bond acceptors (Lipinski definition) is 4. The van der Waals surface area contributed by atoms with E-state index >= 15 is 0 Å². The third-order valence-electron chi connectivity index (χ3n) is 5.74. The molecule has 150 valence electrons. The maximum Gasteiger partial charge on any atom is 0.243 e. The minimum Gasteiger partial charge on any atom is -0.341 e. The van der Waals surface area contributed by atoms with Crippen LogP contribution in [0.25, 0.3) is 0 Å². The molecule has 0 bridgehead atoms. The second-order valence-corrected chi connectivity index (χ2v) is 10.1. The lowest BCUT2D eigenvalue weighted by atomic mass is 9.91. The maximum atomic E-state index is 12.9. The normalized spacial score (nSPS) is 26.7. The summed E-state index contributed by atoms with van der Waals surface area (Å²) in [5, 5.41) is 0. The van der Waals surface area contributed by atoms with Crippen LogP contribution in [0.15, 0.2) is 35.2 Å². The largest absolute Gasteiger partial charge is 0.341 e. The van der Waals surface area contributed by atoms with Crippen molar-refractivity contribution < 1.29 is 13.2 Å². The van der Waals surface area contributed by atoms with Crippen molar-refractivity contribution in [3.05, 3.63) is 30.3 Å². The third kappa shape index (κ3) is 4.52. The fourth-order valence-corrected chi connectivity index (χ4v) is 5.78. The minimum atomic E-state index is -3.46. The number of rotatable bonds is 4. The molecule has 1 amide bonds. The van der Waals surface area contributed by atoms with E-state index in [1.807, 2.05) is 17.9 Å². The molecule has 6 nitrogen and oxygen atoms in total.